The zero-order chi connectivity index (χ0) is 22.3. The van der Waals surface area contributed by atoms with Gasteiger partial charge in [-0.1, -0.05) is 13.8 Å². The number of ether oxygens (including phenoxy) is 1. The van der Waals surface area contributed by atoms with E-state index in [2.05, 4.69) is 10.3 Å². The van der Waals surface area contributed by atoms with Gasteiger partial charge in [0.25, 0.3) is 11.2 Å². The molecular weight excluding hydrogens is 400 g/mol. The van der Waals surface area contributed by atoms with Crippen LogP contribution in [0.4, 0.5) is 5.69 Å². The lowest BCUT2D eigenvalue weighted by Gasteiger charge is -2.15. The number of ketones is 1. The van der Waals surface area contributed by atoms with Crippen molar-refractivity contribution >= 4 is 22.2 Å². The van der Waals surface area contributed by atoms with Crippen molar-refractivity contribution in [3.8, 4) is 17.1 Å². The van der Waals surface area contributed by atoms with E-state index in [4.69, 9.17) is 4.74 Å². The normalized spacial score (nSPS) is 12.3. The molecule has 0 saturated heterocycles. The minimum atomic E-state index is -0.550. The molecule has 0 saturated carbocycles. The Balaban J connectivity index is 1.95. The van der Waals surface area contributed by atoms with E-state index in [0.29, 0.717) is 59.2 Å². The third-order valence-electron chi connectivity index (χ3n) is 5.37. The van der Waals surface area contributed by atoms with Gasteiger partial charge in [0.2, 0.25) is 0 Å². The van der Waals surface area contributed by atoms with Gasteiger partial charge in [0.1, 0.15) is 5.75 Å². The van der Waals surface area contributed by atoms with Crippen LogP contribution in [-0.4, -0.2) is 40.0 Å². The van der Waals surface area contributed by atoms with Crippen LogP contribution < -0.4 is 15.6 Å². The topological polar surface area (TPSA) is 116 Å². The van der Waals surface area contributed by atoms with Gasteiger partial charge in [-0.05, 0) is 25.1 Å². The number of benzene rings is 1. The predicted octanol–water partition coefficient (Wildman–Crippen LogP) is 2.91. The fraction of sp³-hybridized carbons (Fsp3) is 0.318. The number of pyridine rings is 2. The maximum absolute atomic E-state index is 13.4. The van der Waals surface area contributed by atoms with Crippen LogP contribution in [0.1, 0.15) is 36.2 Å². The molecule has 0 spiro atoms. The van der Waals surface area contributed by atoms with Crippen molar-refractivity contribution in [2.75, 3.05) is 13.7 Å². The van der Waals surface area contributed by atoms with Crippen molar-refractivity contribution in [2.45, 2.75) is 32.9 Å². The average molecular weight is 422 g/mol. The van der Waals surface area contributed by atoms with E-state index in [1.54, 1.807) is 6.07 Å². The maximum atomic E-state index is 13.4. The Kier molecular flexibility index (Phi) is 5.28. The minimum absolute atomic E-state index is 0.151. The summed E-state index contributed by atoms with van der Waals surface area (Å²) in [6, 6.07) is 5.93. The summed E-state index contributed by atoms with van der Waals surface area (Å²) in [4.78, 5) is 41.8. The fourth-order valence-corrected chi connectivity index (χ4v) is 3.92. The van der Waals surface area contributed by atoms with Gasteiger partial charge < -0.3 is 14.6 Å². The number of fused-ring (bicyclic) bond motifs is 5. The van der Waals surface area contributed by atoms with Crippen molar-refractivity contribution in [1.82, 2.24) is 14.9 Å². The zero-order valence-electron chi connectivity index (χ0n) is 17.5. The largest absolute Gasteiger partial charge is 0.495 e. The molecule has 1 N–H and O–H groups in total. The van der Waals surface area contributed by atoms with E-state index in [-0.39, 0.29) is 22.4 Å². The van der Waals surface area contributed by atoms with Gasteiger partial charge in [-0.25, -0.2) is 0 Å². The molecule has 1 aromatic carbocycles. The molecule has 9 heteroatoms. The minimum Gasteiger partial charge on any atom is -0.495 e. The molecule has 31 heavy (non-hydrogen) atoms. The van der Waals surface area contributed by atoms with Crippen LogP contribution in [0.15, 0.2) is 35.3 Å². The molecule has 0 atom stereocenters. The standard InChI is InChI=1S/C22H22N4O5/c1-12(2)23-7-4-8-25-20-18(21(27)17-10-14(31-3)11-24-19(17)20)15-6-5-13(26(29)30)9-16(15)22(25)28/h5-6,9-12,23H,4,7-8H2,1-3H3. The van der Waals surface area contributed by atoms with Gasteiger partial charge in [0, 0.05) is 30.1 Å². The number of nitrogens with zero attached hydrogens (tertiary/aromatic N) is 3. The summed E-state index contributed by atoms with van der Waals surface area (Å²) >= 11 is 0. The average Bonchev–Trinajstić information content (AvgIpc) is 3.04. The second-order valence-corrected chi connectivity index (χ2v) is 7.73. The summed E-state index contributed by atoms with van der Waals surface area (Å²) in [5.41, 5.74) is 1.01. The highest BCUT2D eigenvalue weighted by Crippen LogP contribution is 2.39. The van der Waals surface area contributed by atoms with Crippen LogP contribution in [0.5, 0.6) is 5.75 Å². The number of nitro benzene ring substituents is 1. The highest BCUT2D eigenvalue weighted by Gasteiger charge is 2.34. The molecular formula is C22H22N4O5. The summed E-state index contributed by atoms with van der Waals surface area (Å²) in [5.74, 6) is 0.166. The van der Waals surface area contributed by atoms with Crippen molar-refractivity contribution in [3.05, 3.63) is 62.1 Å². The monoisotopic (exact) mass is 422 g/mol. The number of aromatic nitrogens is 2. The third-order valence-corrected chi connectivity index (χ3v) is 5.37. The molecule has 9 nitrogen and oxygen atoms in total. The first-order valence-electron chi connectivity index (χ1n) is 10.0. The van der Waals surface area contributed by atoms with Crippen molar-refractivity contribution < 1.29 is 14.5 Å². The fourth-order valence-electron chi connectivity index (χ4n) is 3.92. The molecule has 1 aliphatic rings. The summed E-state index contributed by atoms with van der Waals surface area (Å²) in [7, 11) is 1.49. The van der Waals surface area contributed by atoms with Crippen LogP contribution in [0.25, 0.3) is 22.2 Å². The van der Waals surface area contributed by atoms with Gasteiger partial charge in [-0.2, -0.15) is 0 Å². The third kappa shape index (κ3) is 3.46. The number of methoxy groups -OCH3 is 1. The first-order chi connectivity index (χ1) is 14.8. The van der Waals surface area contributed by atoms with Crippen LogP contribution in [0.2, 0.25) is 0 Å². The molecule has 3 aromatic rings. The number of carbonyl (C=O) groups is 1. The molecule has 0 unspecified atom stereocenters. The predicted molar refractivity (Wildman–Crippen MR) is 116 cm³/mol. The lowest BCUT2D eigenvalue weighted by molar-refractivity contribution is -0.384. The molecule has 0 bridgehead atoms. The molecule has 0 radical (unpaired) electrons. The second-order valence-electron chi connectivity index (χ2n) is 7.73. The molecule has 2 aromatic heterocycles. The van der Waals surface area contributed by atoms with Crippen LogP contribution in [0.3, 0.4) is 0 Å². The number of hydrogen-bond donors (Lipinski definition) is 1. The van der Waals surface area contributed by atoms with E-state index in [1.165, 1.54) is 36.1 Å². The van der Waals surface area contributed by atoms with Gasteiger partial charge >= 0.3 is 0 Å². The number of nitrogens with one attached hydrogen (secondary N) is 1. The van der Waals surface area contributed by atoms with Crippen molar-refractivity contribution in [3.63, 3.8) is 0 Å². The zero-order valence-corrected chi connectivity index (χ0v) is 17.5. The van der Waals surface area contributed by atoms with Gasteiger partial charge in [-0.15, -0.1) is 0 Å². The smallest absolute Gasteiger partial charge is 0.270 e. The van der Waals surface area contributed by atoms with Gasteiger partial charge in [0.05, 0.1) is 46.1 Å². The summed E-state index contributed by atoms with van der Waals surface area (Å²) < 4.78 is 6.73. The van der Waals surface area contributed by atoms with Crippen molar-refractivity contribution in [1.29, 1.82) is 0 Å². The first kappa shape index (κ1) is 20.7. The van der Waals surface area contributed by atoms with E-state index in [1.807, 2.05) is 13.8 Å². The maximum Gasteiger partial charge on any atom is 0.270 e. The van der Waals surface area contributed by atoms with E-state index < -0.39 is 4.92 Å². The summed E-state index contributed by atoms with van der Waals surface area (Å²) in [6.07, 6.45) is 2.15. The Morgan fingerprint density at radius 2 is 2.00 bits per heavy atom. The Morgan fingerprint density at radius 1 is 1.23 bits per heavy atom. The number of rotatable bonds is 7. The van der Waals surface area contributed by atoms with Gasteiger partial charge in [-0.3, -0.25) is 24.7 Å². The lowest BCUT2D eigenvalue weighted by Crippen LogP contribution is -2.28. The van der Waals surface area contributed by atoms with Crippen LogP contribution >= 0.6 is 0 Å². The number of hydrogen-bond acceptors (Lipinski definition) is 7. The summed E-state index contributed by atoms with van der Waals surface area (Å²) in [5, 5.41) is 15.1. The highest BCUT2D eigenvalue weighted by atomic mass is 16.6. The second kappa shape index (κ2) is 7.92. The number of non-ortho nitro benzene ring substituents is 1. The molecule has 2 heterocycles. The van der Waals surface area contributed by atoms with E-state index >= 15 is 0 Å². The molecule has 160 valence electrons. The van der Waals surface area contributed by atoms with Gasteiger partial charge in [0.15, 0.2) is 5.78 Å². The van der Waals surface area contributed by atoms with Crippen LogP contribution in [0, 0.1) is 10.1 Å². The van der Waals surface area contributed by atoms with Crippen molar-refractivity contribution in [2.24, 2.45) is 0 Å². The number of carbonyl (C=O) groups excluding carboxylic acids is 1. The molecule has 1 aliphatic carbocycles. The Labute approximate surface area is 177 Å². The van der Waals surface area contributed by atoms with E-state index in [9.17, 15) is 19.7 Å². The summed E-state index contributed by atoms with van der Waals surface area (Å²) in [6.45, 7) is 5.10. The van der Waals surface area contributed by atoms with E-state index in [0.717, 1.165) is 0 Å². The SMILES string of the molecule is COc1cnc2c(c1)C(=O)c1c-2n(CCCNC(C)C)c(=O)c2cc([N+](=O)[O-])ccc12. The highest BCUT2D eigenvalue weighted by molar-refractivity contribution is 6.26. The molecule has 0 fully saturated rings. The molecule has 0 aliphatic heterocycles. The number of nitro groups is 1. The first-order valence-corrected chi connectivity index (χ1v) is 10.0. The van der Waals surface area contributed by atoms with Crippen LogP contribution in [-0.2, 0) is 6.54 Å². The Hall–Kier alpha value is -3.59. The molecule has 4 rings (SSSR count). The lowest BCUT2D eigenvalue weighted by atomic mass is 10.0. The Morgan fingerprint density at radius 3 is 2.68 bits per heavy atom. The Bertz CT molecular complexity index is 1280. The molecule has 0 amide bonds. The quantitative estimate of drug-likeness (QED) is 0.276.